The molecule has 2 atom stereocenters. The quantitative estimate of drug-likeness (QED) is 0.885. The van der Waals surface area contributed by atoms with Crippen molar-refractivity contribution in [2.75, 3.05) is 26.3 Å². The van der Waals surface area contributed by atoms with Gasteiger partial charge >= 0.3 is 5.97 Å². The summed E-state index contributed by atoms with van der Waals surface area (Å²) in [4.78, 5) is 26.2. The number of fused-ring (bicyclic) bond motifs is 1. The van der Waals surface area contributed by atoms with Gasteiger partial charge in [-0.15, -0.1) is 0 Å². The topological polar surface area (TPSA) is 84.7 Å². The van der Waals surface area contributed by atoms with E-state index in [-0.39, 0.29) is 23.9 Å². The molecule has 1 amide bonds. The second-order valence-electron chi connectivity index (χ2n) is 7.51. The first-order chi connectivity index (χ1) is 10.7. The second-order valence-corrected chi connectivity index (χ2v) is 7.51. The van der Waals surface area contributed by atoms with Crippen LogP contribution < -0.4 is 0 Å². The molecule has 0 saturated carbocycles. The number of nitrogens with zero attached hydrogens (tertiary/aromatic N) is 3. The molecule has 0 unspecified atom stereocenters. The summed E-state index contributed by atoms with van der Waals surface area (Å²) in [7, 11) is 0. The van der Waals surface area contributed by atoms with Crippen molar-refractivity contribution >= 4 is 11.9 Å². The lowest BCUT2D eigenvalue weighted by Crippen LogP contribution is -2.45. The smallest absolute Gasteiger partial charge is 0.311 e. The number of hydrogen-bond donors (Lipinski definition) is 1. The van der Waals surface area contributed by atoms with Crippen LogP contribution in [0, 0.1) is 11.3 Å². The summed E-state index contributed by atoms with van der Waals surface area (Å²) in [6.07, 6.45) is 3.74. The Labute approximate surface area is 135 Å². The number of carboxylic acid groups (broad SMARTS) is 1. The van der Waals surface area contributed by atoms with E-state index in [2.05, 4.69) is 5.10 Å². The van der Waals surface area contributed by atoms with Crippen LogP contribution in [-0.4, -0.2) is 58.0 Å². The maximum atomic E-state index is 12.7. The van der Waals surface area contributed by atoms with E-state index in [0.717, 1.165) is 0 Å². The lowest BCUT2D eigenvalue weighted by atomic mass is 9.74. The highest BCUT2D eigenvalue weighted by Gasteiger charge is 2.55. The van der Waals surface area contributed by atoms with Crippen molar-refractivity contribution in [2.45, 2.75) is 32.7 Å². The minimum Gasteiger partial charge on any atom is -0.481 e. The fourth-order valence-electron chi connectivity index (χ4n) is 3.44. The van der Waals surface area contributed by atoms with Gasteiger partial charge in [0, 0.05) is 31.8 Å². The van der Waals surface area contributed by atoms with Crippen LogP contribution in [0.5, 0.6) is 0 Å². The van der Waals surface area contributed by atoms with Crippen molar-refractivity contribution in [1.29, 1.82) is 0 Å². The average molecular weight is 321 g/mol. The van der Waals surface area contributed by atoms with Gasteiger partial charge in [-0.3, -0.25) is 14.3 Å². The standard InChI is InChI=1S/C16H23N3O4/c1-15(2,3)19-7-11(6-17-19)13(20)18-8-12-9-23-5-4-16(12,10-18)14(21)22/h6-7,12H,4-5,8-10H2,1-3H3,(H,21,22)/t12-,16+/m0/s1. The van der Waals surface area contributed by atoms with Crippen molar-refractivity contribution in [3.8, 4) is 0 Å². The first kappa shape index (κ1) is 16.0. The number of carboxylic acids is 1. The number of carbonyl (C=O) groups excluding carboxylic acids is 1. The highest BCUT2D eigenvalue weighted by atomic mass is 16.5. The molecule has 3 heterocycles. The summed E-state index contributed by atoms with van der Waals surface area (Å²) in [5.41, 5.74) is -0.568. The molecular formula is C16H23N3O4. The van der Waals surface area contributed by atoms with Crippen molar-refractivity contribution in [3.63, 3.8) is 0 Å². The molecule has 0 aliphatic carbocycles. The Morgan fingerprint density at radius 1 is 1.43 bits per heavy atom. The van der Waals surface area contributed by atoms with Crippen molar-refractivity contribution in [1.82, 2.24) is 14.7 Å². The fraction of sp³-hybridized carbons (Fsp3) is 0.688. The number of carbonyl (C=O) groups is 2. The van der Waals surface area contributed by atoms with E-state index in [1.165, 1.54) is 0 Å². The number of rotatable bonds is 2. The van der Waals surface area contributed by atoms with Crippen molar-refractivity contribution in [2.24, 2.45) is 11.3 Å². The molecule has 1 N–H and O–H groups in total. The van der Waals surface area contributed by atoms with Gasteiger partial charge in [-0.2, -0.15) is 5.10 Å². The van der Waals surface area contributed by atoms with Crippen LogP contribution in [0.15, 0.2) is 12.4 Å². The molecule has 2 aliphatic rings. The predicted molar refractivity (Wildman–Crippen MR) is 82.1 cm³/mol. The van der Waals surface area contributed by atoms with Crippen LogP contribution in [-0.2, 0) is 15.1 Å². The lowest BCUT2D eigenvalue weighted by molar-refractivity contribution is -0.157. The van der Waals surface area contributed by atoms with Gasteiger partial charge in [0.25, 0.3) is 5.91 Å². The van der Waals surface area contributed by atoms with Crippen LogP contribution in [0.1, 0.15) is 37.6 Å². The monoisotopic (exact) mass is 321 g/mol. The van der Waals surface area contributed by atoms with Crippen LogP contribution in [0.4, 0.5) is 0 Å². The molecule has 7 heteroatoms. The molecule has 23 heavy (non-hydrogen) atoms. The normalized spacial score (nSPS) is 27.8. The Morgan fingerprint density at radius 2 is 2.17 bits per heavy atom. The van der Waals surface area contributed by atoms with Crippen LogP contribution in [0.25, 0.3) is 0 Å². The van der Waals surface area contributed by atoms with Gasteiger partial charge in [0.05, 0.1) is 29.3 Å². The maximum absolute atomic E-state index is 12.7. The third-order valence-corrected chi connectivity index (χ3v) is 4.94. The summed E-state index contributed by atoms with van der Waals surface area (Å²) in [5, 5.41) is 13.9. The zero-order valence-electron chi connectivity index (χ0n) is 13.8. The maximum Gasteiger partial charge on any atom is 0.311 e. The Morgan fingerprint density at radius 3 is 2.74 bits per heavy atom. The SMILES string of the molecule is CC(C)(C)n1cc(C(=O)N2C[C@H]3COCC[C@@]3(C(=O)O)C2)cn1. The number of hydrogen-bond acceptors (Lipinski definition) is 4. The molecule has 1 aromatic heterocycles. The molecule has 2 fully saturated rings. The van der Waals surface area contributed by atoms with Gasteiger partial charge in [0.2, 0.25) is 0 Å². The Balaban J connectivity index is 1.81. The summed E-state index contributed by atoms with van der Waals surface area (Å²) < 4.78 is 7.17. The van der Waals surface area contributed by atoms with E-state index in [9.17, 15) is 14.7 Å². The summed E-state index contributed by atoms with van der Waals surface area (Å²) in [6.45, 7) is 7.53. The molecule has 0 bridgehead atoms. The first-order valence-corrected chi connectivity index (χ1v) is 7.89. The zero-order valence-corrected chi connectivity index (χ0v) is 13.8. The molecule has 7 nitrogen and oxygen atoms in total. The third-order valence-electron chi connectivity index (χ3n) is 4.94. The predicted octanol–water partition coefficient (Wildman–Crippen LogP) is 1.20. The number of ether oxygens (including phenoxy) is 1. The van der Waals surface area contributed by atoms with Crippen LogP contribution >= 0.6 is 0 Å². The largest absolute Gasteiger partial charge is 0.481 e. The highest BCUT2D eigenvalue weighted by molar-refractivity contribution is 5.94. The van der Waals surface area contributed by atoms with E-state index in [1.54, 1.807) is 22.0 Å². The molecule has 3 rings (SSSR count). The van der Waals surface area contributed by atoms with E-state index < -0.39 is 11.4 Å². The molecule has 0 aromatic carbocycles. The van der Waals surface area contributed by atoms with Crippen LogP contribution in [0.2, 0.25) is 0 Å². The van der Waals surface area contributed by atoms with Gasteiger partial charge in [-0.1, -0.05) is 0 Å². The summed E-state index contributed by atoms with van der Waals surface area (Å²) in [5.74, 6) is -1.13. The number of aromatic nitrogens is 2. The molecule has 2 aliphatic heterocycles. The van der Waals surface area contributed by atoms with E-state index in [4.69, 9.17) is 4.74 Å². The molecule has 126 valence electrons. The van der Waals surface area contributed by atoms with E-state index in [0.29, 0.717) is 31.7 Å². The minimum absolute atomic E-state index is 0.143. The van der Waals surface area contributed by atoms with Gasteiger partial charge in [0.15, 0.2) is 0 Å². The zero-order chi connectivity index (χ0) is 16.8. The van der Waals surface area contributed by atoms with E-state index >= 15 is 0 Å². The first-order valence-electron chi connectivity index (χ1n) is 7.89. The molecule has 0 spiro atoms. The van der Waals surface area contributed by atoms with Crippen molar-refractivity contribution < 1.29 is 19.4 Å². The molecule has 1 aromatic rings. The van der Waals surface area contributed by atoms with Gasteiger partial charge in [-0.25, -0.2) is 0 Å². The average Bonchev–Trinajstić information content (AvgIpc) is 3.11. The fourth-order valence-corrected chi connectivity index (χ4v) is 3.44. The van der Waals surface area contributed by atoms with E-state index in [1.807, 2.05) is 20.8 Å². The molecular weight excluding hydrogens is 298 g/mol. The molecule has 0 radical (unpaired) electrons. The summed E-state index contributed by atoms with van der Waals surface area (Å²) in [6, 6.07) is 0. The summed E-state index contributed by atoms with van der Waals surface area (Å²) >= 11 is 0. The van der Waals surface area contributed by atoms with Gasteiger partial charge in [-0.05, 0) is 27.2 Å². The number of likely N-dealkylation sites (tertiary alicyclic amines) is 1. The van der Waals surface area contributed by atoms with Gasteiger partial charge < -0.3 is 14.7 Å². The number of aliphatic carboxylic acids is 1. The Bertz CT molecular complexity index is 634. The minimum atomic E-state index is -0.867. The Hall–Kier alpha value is -1.89. The Kier molecular flexibility index (Phi) is 3.71. The van der Waals surface area contributed by atoms with Gasteiger partial charge in [0.1, 0.15) is 0 Å². The highest BCUT2D eigenvalue weighted by Crippen LogP contribution is 2.42. The molecule has 2 saturated heterocycles. The van der Waals surface area contributed by atoms with Crippen molar-refractivity contribution in [3.05, 3.63) is 18.0 Å². The lowest BCUT2D eigenvalue weighted by Gasteiger charge is -2.33. The third kappa shape index (κ3) is 2.63. The number of amides is 1. The van der Waals surface area contributed by atoms with Crippen LogP contribution in [0.3, 0.4) is 0 Å². The second kappa shape index (κ2) is 5.33.